The summed E-state index contributed by atoms with van der Waals surface area (Å²) in [5, 5.41) is 6.40. The molecular formula is C30H31FN6O3. The summed E-state index contributed by atoms with van der Waals surface area (Å²) in [5.74, 6) is 0.556. The van der Waals surface area contributed by atoms with Crippen LogP contribution < -0.4 is 10.6 Å². The second-order valence-corrected chi connectivity index (χ2v) is 10.7. The fraction of sp³-hybridized carbons (Fsp3) is 0.367. The lowest BCUT2D eigenvalue weighted by atomic mass is 9.96. The number of fused-ring (bicyclic) bond motifs is 2. The Morgan fingerprint density at radius 2 is 2.15 bits per heavy atom. The fourth-order valence-corrected chi connectivity index (χ4v) is 6.19. The van der Waals surface area contributed by atoms with Gasteiger partial charge in [-0.1, -0.05) is 12.1 Å². The van der Waals surface area contributed by atoms with Crippen molar-refractivity contribution in [3.63, 3.8) is 0 Å². The van der Waals surface area contributed by atoms with E-state index in [1.165, 1.54) is 17.7 Å². The first kappa shape index (κ1) is 25.1. The number of halogens is 1. The second kappa shape index (κ2) is 10.3. The highest BCUT2D eigenvalue weighted by Gasteiger charge is 2.29. The lowest BCUT2D eigenvalue weighted by molar-refractivity contribution is 0.0966. The summed E-state index contributed by atoms with van der Waals surface area (Å²) in [6.45, 7) is 4.50. The SMILES string of the molecule is CO[C@@H]1CCN(Cc2nc(Nc3ccc(-c4cnc5cc(F)ccn45)c4c3C(=O)NC4)ccc2[C@@H]2CCOC2)C1. The highest BCUT2D eigenvalue weighted by Crippen LogP contribution is 2.36. The van der Waals surface area contributed by atoms with Crippen LogP contribution in [-0.4, -0.2) is 64.7 Å². The monoisotopic (exact) mass is 542 g/mol. The van der Waals surface area contributed by atoms with E-state index in [1.807, 2.05) is 22.6 Å². The van der Waals surface area contributed by atoms with Gasteiger partial charge in [0.1, 0.15) is 17.3 Å². The topological polar surface area (TPSA) is 93.0 Å². The van der Waals surface area contributed by atoms with E-state index in [2.05, 4.69) is 26.6 Å². The summed E-state index contributed by atoms with van der Waals surface area (Å²) < 4.78 is 26.8. The third kappa shape index (κ3) is 4.51. The summed E-state index contributed by atoms with van der Waals surface area (Å²) in [4.78, 5) is 24.8. The van der Waals surface area contributed by atoms with Gasteiger partial charge < -0.3 is 20.1 Å². The molecule has 2 fully saturated rings. The molecule has 3 aromatic heterocycles. The minimum Gasteiger partial charge on any atom is -0.381 e. The van der Waals surface area contributed by atoms with E-state index in [4.69, 9.17) is 14.5 Å². The number of carbonyl (C=O) groups is 1. The molecule has 3 aliphatic heterocycles. The van der Waals surface area contributed by atoms with E-state index in [-0.39, 0.29) is 17.8 Å². The van der Waals surface area contributed by atoms with Crippen LogP contribution in [-0.2, 0) is 22.6 Å². The summed E-state index contributed by atoms with van der Waals surface area (Å²) in [5.41, 5.74) is 6.63. The number of hydrogen-bond acceptors (Lipinski definition) is 7. The van der Waals surface area contributed by atoms with Crippen LogP contribution in [0.5, 0.6) is 0 Å². The molecule has 1 aromatic carbocycles. The van der Waals surface area contributed by atoms with Crippen LogP contribution >= 0.6 is 0 Å². The molecular weight excluding hydrogens is 511 g/mol. The zero-order chi connectivity index (χ0) is 27.2. The summed E-state index contributed by atoms with van der Waals surface area (Å²) >= 11 is 0. The van der Waals surface area contributed by atoms with E-state index in [1.54, 1.807) is 19.5 Å². The molecule has 2 N–H and O–H groups in total. The quantitative estimate of drug-likeness (QED) is 0.361. The number of benzene rings is 1. The summed E-state index contributed by atoms with van der Waals surface area (Å²) in [6, 6.07) is 10.8. The predicted molar refractivity (Wildman–Crippen MR) is 148 cm³/mol. The number of carbonyl (C=O) groups excluding carboxylic acids is 1. The molecule has 0 spiro atoms. The fourth-order valence-electron chi connectivity index (χ4n) is 6.19. The number of imidazole rings is 1. The number of amides is 1. The number of anilines is 2. The molecule has 2 saturated heterocycles. The van der Waals surface area contributed by atoms with Gasteiger partial charge in [0.25, 0.3) is 5.91 Å². The Morgan fingerprint density at radius 1 is 1.23 bits per heavy atom. The first-order valence-corrected chi connectivity index (χ1v) is 13.7. The number of pyridine rings is 2. The van der Waals surface area contributed by atoms with E-state index < -0.39 is 0 Å². The van der Waals surface area contributed by atoms with Crippen LogP contribution in [0.1, 0.15) is 45.9 Å². The van der Waals surface area contributed by atoms with Gasteiger partial charge in [-0.3, -0.25) is 14.1 Å². The average Bonchev–Trinajstić information content (AvgIpc) is 3.77. The number of nitrogens with one attached hydrogen (secondary N) is 2. The number of aromatic nitrogens is 3. The molecule has 0 unspecified atom stereocenters. The molecule has 10 heteroatoms. The summed E-state index contributed by atoms with van der Waals surface area (Å²) in [6.07, 6.45) is 5.64. The largest absolute Gasteiger partial charge is 0.381 e. The van der Waals surface area contributed by atoms with Gasteiger partial charge in [0.15, 0.2) is 0 Å². The van der Waals surface area contributed by atoms with Crippen LogP contribution in [0.25, 0.3) is 16.9 Å². The number of ether oxygens (including phenoxy) is 2. The van der Waals surface area contributed by atoms with Crippen LogP contribution in [0.3, 0.4) is 0 Å². The van der Waals surface area contributed by atoms with Gasteiger partial charge in [-0.2, -0.15) is 0 Å². The highest BCUT2D eigenvalue weighted by molar-refractivity contribution is 6.06. The Labute approximate surface area is 231 Å². The maximum atomic E-state index is 13.7. The summed E-state index contributed by atoms with van der Waals surface area (Å²) in [7, 11) is 1.77. The number of rotatable bonds is 7. The number of likely N-dealkylation sites (tertiary alicyclic amines) is 1. The molecule has 6 heterocycles. The van der Waals surface area contributed by atoms with Gasteiger partial charge >= 0.3 is 0 Å². The molecule has 4 aromatic rings. The van der Waals surface area contributed by atoms with Crippen molar-refractivity contribution in [1.82, 2.24) is 24.6 Å². The Morgan fingerprint density at radius 3 is 2.98 bits per heavy atom. The molecule has 2 atom stereocenters. The normalized spacial score (nSPS) is 20.8. The average molecular weight is 543 g/mol. The number of nitrogens with zero attached hydrogens (tertiary/aromatic N) is 4. The van der Waals surface area contributed by atoms with Gasteiger partial charge in [0.05, 0.1) is 41.5 Å². The second-order valence-electron chi connectivity index (χ2n) is 10.7. The Hall–Kier alpha value is -3.86. The van der Waals surface area contributed by atoms with Crippen molar-refractivity contribution in [3.8, 4) is 11.3 Å². The molecule has 0 bridgehead atoms. The molecule has 0 radical (unpaired) electrons. The zero-order valence-electron chi connectivity index (χ0n) is 22.3. The maximum Gasteiger partial charge on any atom is 0.254 e. The van der Waals surface area contributed by atoms with Gasteiger partial charge in [-0.05, 0) is 42.2 Å². The van der Waals surface area contributed by atoms with Crippen molar-refractivity contribution in [2.24, 2.45) is 0 Å². The van der Waals surface area contributed by atoms with Gasteiger partial charge in [0, 0.05) is 63.6 Å². The highest BCUT2D eigenvalue weighted by atomic mass is 19.1. The van der Waals surface area contributed by atoms with Crippen LogP contribution in [0.2, 0.25) is 0 Å². The third-order valence-corrected chi connectivity index (χ3v) is 8.29. The van der Waals surface area contributed by atoms with E-state index >= 15 is 0 Å². The lowest BCUT2D eigenvalue weighted by Crippen LogP contribution is -2.24. The minimum absolute atomic E-state index is 0.137. The lowest BCUT2D eigenvalue weighted by Gasteiger charge is -2.21. The minimum atomic E-state index is -0.340. The van der Waals surface area contributed by atoms with Crippen molar-refractivity contribution < 1.29 is 18.7 Å². The van der Waals surface area contributed by atoms with Gasteiger partial charge in [-0.15, -0.1) is 0 Å². The van der Waals surface area contributed by atoms with E-state index in [0.29, 0.717) is 41.8 Å². The van der Waals surface area contributed by atoms with Crippen molar-refractivity contribution in [1.29, 1.82) is 0 Å². The molecule has 3 aliphatic rings. The van der Waals surface area contributed by atoms with Crippen molar-refractivity contribution in [3.05, 3.63) is 77.0 Å². The molecule has 0 aliphatic carbocycles. The number of hydrogen-bond donors (Lipinski definition) is 2. The molecule has 206 valence electrons. The Balaban J connectivity index is 1.22. The van der Waals surface area contributed by atoms with Crippen LogP contribution in [0.15, 0.2) is 48.8 Å². The van der Waals surface area contributed by atoms with Crippen molar-refractivity contribution in [2.75, 3.05) is 38.7 Å². The smallest absolute Gasteiger partial charge is 0.254 e. The van der Waals surface area contributed by atoms with Crippen molar-refractivity contribution >= 4 is 23.1 Å². The predicted octanol–water partition coefficient (Wildman–Crippen LogP) is 4.25. The van der Waals surface area contributed by atoms with E-state index in [9.17, 15) is 9.18 Å². The third-order valence-electron chi connectivity index (χ3n) is 8.29. The van der Waals surface area contributed by atoms with E-state index in [0.717, 1.165) is 61.6 Å². The van der Waals surface area contributed by atoms with Crippen molar-refractivity contribution in [2.45, 2.75) is 38.0 Å². The molecule has 0 saturated carbocycles. The van der Waals surface area contributed by atoms with Gasteiger partial charge in [0.2, 0.25) is 0 Å². The maximum absolute atomic E-state index is 13.7. The Bertz CT molecular complexity index is 1600. The number of methoxy groups -OCH3 is 1. The zero-order valence-corrected chi connectivity index (χ0v) is 22.3. The standard InChI is InChI=1S/C30H31FN6O3/c1-39-20-7-9-36(15-20)16-25-21(18-8-11-40-17-18)3-5-27(35-25)34-24-4-2-22(23-13-33-30(38)29(23)24)26-14-32-28-12-19(31)6-10-37(26)28/h2-6,10,12,14,18,20H,7-9,11,13,15-17H2,1H3,(H,33,38)(H,34,35)/t18-,20-/m1/s1. The van der Waals surface area contributed by atoms with Crippen LogP contribution in [0.4, 0.5) is 15.9 Å². The Kier molecular flexibility index (Phi) is 6.45. The van der Waals surface area contributed by atoms with Gasteiger partial charge in [-0.25, -0.2) is 14.4 Å². The van der Waals surface area contributed by atoms with Crippen LogP contribution in [0, 0.1) is 5.82 Å². The molecule has 40 heavy (non-hydrogen) atoms. The first-order chi connectivity index (χ1) is 19.6. The first-order valence-electron chi connectivity index (χ1n) is 13.7. The molecule has 9 nitrogen and oxygen atoms in total. The molecule has 7 rings (SSSR count). The molecule has 1 amide bonds.